The van der Waals surface area contributed by atoms with Crippen molar-refractivity contribution in [2.75, 3.05) is 26.2 Å². The van der Waals surface area contributed by atoms with Crippen molar-refractivity contribution in [3.63, 3.8) is 0 Å². The summed E-state index contributed by atoms with van der Waals surface area (Å²) in [4.78, 5) is 2.70. The van der Waals surface area contributed by atoms with Crippen molar-refractivity contribution in [2.45, 2.75) is 37.1 Å². The second kappa shape index (κ2) is 7.09. The number of benzene rings is 1. The molecule has 0 saturated carbocycles. The molecule has 21 heavy (non-hydrogen) atoms. The average Bonchev–Trinajstić information content (AvgIpc) is 2.54. The molecular formula is C15H23ClN2O2S. The number of alkyl halides is 1. The Labute approximate surface area is 132 Å². The molecule has 1 aromatic carbocycles. The van der Waals surface area contributed by atoms with Crippen molar-refractivity contribution in [3.05, 3.63) is 29.8 Å². The lowest BCUT2D eigenvalue weighted by atomic mass is 10.2. The fraction of sp³-hybridized carbons (Fsp3) is 0.600. The van der Waals surface area contributed by atoms with Crippen LogP contribution in [0, 0.1) is 0 Å². The third-order valence-electron chi connectivity index (χ3n) is 4.20. The SMILES string of the molecule is CCC(C)N1CCN(S(=O)(=O)c2ccc(CCl)cc2)CC1. The first-order valence-corrected chi connectivity index (χ1v) is 9.35. The average molecular weight is 331 g/mol. The molecule has 1 aromatic rings. The minimum atomic E-state index is -3.38. The molecule has 1 heterocycles. The van der Waals surface area contributed by atoms with E-state index in [4.69, 9.17) is 11.6 Å². The Morgan fingerprint density at radius 1 is 1.14 bits per heavy atom. The highest BCUT2D eigenvalue weighted by Gasteiger charge is 2.29. The summed E-state index contributed by atoms with van der Waals surface area (Å²) in [6, 6.07) is 7.35. The van der Waals surface area contributed by atoms with E-state index in [1.54, 1.807) is 28.6 Å². The van der Waals surface area contributed by atoms with Crippen LogP contribution < -0.4 is 0 Å². The van der Waals surface area contributed by atoms with Gasteiger partial charge in [0.15, 0.2) is 0 Å². The first-order chi connectivity index (χ1) is 9.98. The summed E-state index contributed by atoms with van der Waals surface area (Å²) in [6.07, 6.45) is 1.09. The van der Waals surface area contributed by atoms with Crippen LogP contribution in [0.25, 0.3) is 0 Å². The molecule has 0 amide bonds. The summed E-state index contributed by atoms with van der Waals surface area (Å²) in [6.45, 7) is 7.07. The lowest BCUT2D eigenvalue weighted by molar-refractivity contribution is 0.142. The highest BCUT2D eigenvalue weighted by atomic mass is 35.5. The number of hydrogen-bond donors (Lipinski definition) is 0. The molecule has 1 fully saturated rings. The maximum absolute atomic E-state index is 12.6. The van der Waals surface area contributed by atoms with Gasteiger partial charge in [-0.2, -0.15) is 4.31 Å². The number of piperazine rings is 1. The fourth-order valence-electron chi connectivity index (χ4n) is 2.54. The molecule has 0 N–H and O–H groups in total. The second-order valence-corrected chi connectivity index (χ2v) is 7.68. The van der Waals surface area contributed by atoms with E-state index in [-0.39, 0.29) is 0 Å². The molecule has 118 valence electrons. The zero-order valence-corrected chi connectivity index (χ0v) is 14.2. The number of rotatable bonds is 5. The highest BCUT2D eigenvalue weighted by molar-refractivity contribution is 7.89. The molecule has 1 aliphatic heterocycles. The summed E-state index contributed by atoms with van der Waals surface area (Å²) in [5.74, 6) is 0.397. The normalized spacial score (nSPS) is 19.6. The van der Waals surface area contributed by atoms with Gasteiger partial charge in [-0.3, -0.25) is 4.90 Å². The molecule has 0 spiro atoms. The minimum Gasteiger partial charge on any atom is -0.298 e. The van der Waals surface area contributed by atoms with Crippen LogP contribution in [0.2, 0.25) is 0 Å². The van der Waals surface area contributed by atoms with E-state index >= 15 is 0 Å². The monoisotopic (exact) mass is 330 g/mol. The number of nitrogens with zero attached hydrogens (tertiary/aromatic N) is 2. The van der Waals surface area contributed by atoms with E-state index in [0.717, 1.165) is 25.1 Å². The van der Waals surface area contributed by atoms with Gasteiger partial charge in [-0.25, -0.2) is 8.42 Å². The third-order valence-corrected chi connectivity index (χ3v) is 6.42. The maximum atomic E-state index is 12.6. The third kappa shape index (κ3) is 3.77. The van der Waals surface area contributed by atoms with E-state index in [1.165, 1.54) is 0 Å². The van der Waals surface area contributed by atoms with Gasteiger partial charge in [0.25, 0.3) is 0 Å². The Kier molecular flexibility index (Phi) is 5.66. The van der Waals surface area contributed by atoms with Crippen molar-refractivity contribution in [1.29, 1.82) is 0 Å². The van der Waals surface area contributed by atoms with Gasteiger partial charge < -0.3 is 0 Å². The fourth-order valence-corrected chi connectivity index (χ4v) is 4.14. The van der Waals surface area contributed by atoms with Crippen LogP contribution in [0.5, 0.6) is 0 Å². The lowest BCUT2D eigenvalue weighted by Crippen LogP contribution is -2.51. The van der Waals surface area contributed by atoms with Crippen LogP contribution >= 0.6 is 11.6 Å². The number of sulfonamides is 1. The molecule has 4 nitrogen and oxygen atoms in total. The van der Waals surface area contributed by atoms with Crippen LogP contribution in [-0.4, -0.2) is 49.8 Å². The van der Waals surface area contributed by atoms with Crippen molar-refractivity contribution in [1.82, 2.24) is 9.21 Å². The van der Waals surface area contributed by atoms with Gasteiger partial charge in [0.05, 0.1) is 4.90 Å². The quantitative estimate of drug-likeness (QED) is 0.779. The van der Waals surface area contributed by atoms with Gasteiger partial charge in [-0.15, -0.1) is 11.6 Å². The molecule has 0 radical (unpaired) electrons. The Hall–Kier alpha value is -0.620. The topological polar surface area (TPSA) is 40.6 Å². The van der Waals surface area contributed by atoms with Gasteiger partial charge >= 0.3 is 0 Å². The molecule has 0 bridgehead atoms. The first-order valence-electron chi connectivity index (χ1n) is 7.38. The Morgan fingerprint density at radius 2 is 1.71 bits per heavy atom. The standard InChI is InChI=1S/C15H23ClN2O2S/c1-3-13(2)17-8-10-18(11-9-17)21(19,20)15-6-4-14(12-16)5-7-15/h4-7,13H,3,8-12H2,1-2H3. The first kappa shape index (κ1) is 16.7. The summed E-state index contributed by atoms with van der Waals surface area (Å²) >= 11 is 5.74. The summed E-state index contributed by atoms with van der Waals surface area (Å²) < 4.78 is 26.8. The van der Waals surface area contributed by atoms with Crippen LogP contribution in [0.15, 0.2) is 29.2 Å². The van der Waals surface area contributed by atoms with Crippen LogP contribution in [-0.2, 0) is 15.9 Å². The van der Waals surface area contributed by atoms with Gasteiger partial charge in [0, 0.05) is 38.1 Å². The summed E-state index contributed by atoms with van der Waals surface area (Å²) in [5, 5.41) is 0. The molecule has 1 aliphatic rings. The Morgan fingerprint density at radius 3 is 2.19 bits per heavy atom. The van der Waals surface area contributed by atoms with E-state index < -0.39 is 10.0 Å². The van der Waals surface area contributed by atoms with Crippen LogP contribution in [0.3, 0.4) is 0 Å². The van der Waals surface area contributed by atoms with E-state index in [1.807, 2.05) is 0 Å². The summed E-state index contributed by atoms with van der Waals surface area (Å²) in [5.41, 5.74) is 0.928. The van der Waals surface area contributed by atoms with E-state index in [2.05, 4.69) is 18.7 Å². The Bertz CT molecular complexity index is 552. The zero-order valence-electron chi connectivity index (χ0n) is 12.6. The van der Waals surface area contributed by atoms with Crippen molar-refractivity contribution < 1.29 is 8.42 Å². The van der Waals surface area contributed by atoms with Crippen molar-refractivity contribution in [3.8, 4) is 0 Å². The molecule has 1 atom stereocenters. The predicted molar refractivity (Wildman–Crippen MR) is 86.1 cm³/mol. The van der Waals surface area contributed by atoms with Crippen molar-refractivity contribution in [2.24, 2.45) is 0 Å². The summed E-state index contributed by atoms with van der Waals surface area (Å²) in [7, 11) is -3.38. The molecule has 1 unspecified atom stereocenters. The van der Waals surface area contributed by atoms with Gasteiger partial charge in [-0.1, -0.05) is 19.1 Å². The smallest absolute Gasteiger partial charge is 0.243 e. The number of halogens is 1. The second-order valence-electron chi connectivity index (χ2n) is 5.47. The molecular weight excluding hydrogens is 308 g/mol. The minimum absolute atomic E-state index is 0.355. The molecule has 1 saturated heterocycles. The number of hydrogen-bond acceptors (Lipinski definition) is 3. The highest BCUT2D eigenvalue weighted by Crippen LogP contribution is 2.19. The van der Waals surface area contributed by atoms with E-state index in [0.29, 0.717) is 29.9 Å². The van der Waals surface area contributed by atoms with Crippen LogP contribution in [0.4, 0.5) is 0 Å². The van der Waals surface area contributed by atoms with Crippen LogP contribution in [0.1, 0.15) is 25.8 Å². The van der Waals surface area contributed by atoms with Gasteiger partial charge in [-0.05, 0) is 31.0 Å². The van der Waals surface area contributed by atoms with Crippen molar-refractivity contribution >= 4 is 21.6 Å². The van der Waals surface area contributed by atoms with E-state index in [9.17, 15) is 8.42 Å². The molecule has 2 rings (SSSR count). The molecule has 6 heteroatoms. The van der Waals surface area contributed by atoms with Gasteiger partial charge in [0.1, 0.15) is 0 Å². The zero-order chi connectivity index (χ0) is 15.5. The lowest BCUT2D eigenvalue weighted by Gasteiger charge is -2.37. The maximum Gasteiger partial charge on any atom is 0.243 e. The molecule has 0 aromatic heterocycles. The van der Waals surface area contributed by atoms with Gasteiger partial charge in [0.2, 0.25) is 10.0 Å². The molecule has 0 aliphatic carbocycles. The largest absolute Gasteiger partial charge is 0.298 e. The Balaban J connectivity index is 2.07. The predicted octanol–water partition coefficient (Wildman–Crippen LogP) is 2.53.